The quantitative estimate of drug-likeness (QED) is 0.790. The van der Waals surface area contributed by atoms with E-state index in [0.717, 1.165) is 16.3 Å². The minimum Gasteiger partial charge on any atom is -0.497 e. The zero-order chi connectivity index (χ0) is 16.7. The Morgan fingerprint density at radius 3 is 2.70 bits per heavy atom. The van der Waals surface area contributed by atoms with Crippen molar-refractivity contribution in [3.8, 4) is 16.3 Å². The number of methoxy groups -OCH3 is 1. The lowest BCUT2D eigenvalue weighted by Crippen LogP contribution is -2.34. The summed E-state index contributed by atoms with van der Waals surface area (Å²) in [6.45, 7) is -0.0478. The number of amides is 2. The first-order chi connectivity index (χ1) is 11.1. The van der Waals surface area contributed by atoms with E-state index >= 15 is 0 Å². The highest BCUT2D eigenvalue weighted by molar-refractivity contribution is 7.13. The molecule has 0 unspecified atom stereocenters. The topological polar surface area (TPSA) is 80.3 Å². The number of carbonyl (C=O) groups excluding carboxylic acids is 2. The van der Waals surface area contributed by atoms with Crippen LogP contribution in [-0.2, 0) is 9.59 Å². The molecule has 0 bridgehead atoms. The van der Waals surface area contributed by atoms with Gasteiger partial charge in [-0.15, -0.1) is 11.3 Å². The van der Waals surface area contributed by atoms with Crippen LogP contribution in [0.1, 0.15) is 5.69 Å². The summed E-state index contributed by atoms with van der Waals surface area (Å²) >= 11 is 1.49. The van der Waals surface area contributed by atoms with Crippen molar-refractivity contribution in [3.63, 3.8) is 0 Å². The van der Waals surface area contributed by atoms with E-state index in [-0.39, 0.29) is 18.4 Å². The Bertz CT molecular complexity index is 708. The molecule has 2 N–H and O–H groups in total. The maximum atomic E-state index is 11.6. The first-order valence-electron chi connectivity index (χ1n) is 6.89. The van der Waals surface area contributed by atoms with Gasteiger partial charge in [-0.05, 0) is 30.3 Å². The Kier molecular flexibility index (Phi) is 5.87. The molecule has 120 valence electrons. The molecule has 0 spiro atoms. The van der Waals surface area contributed by atoms with E-state index in [9.17, 15) is 9.59 Å². The molecule has 0 aliphatic carbocycles. The maximum Gasteiger partial charge on any atom is 0.244 e. The van der Waals surface area contributed by atoms with Gasteiger partial charge in [-0.2, -0.15) is 0 Å². The van der Waals surface area contributed by atoms with Gasteiger partial charge in [-0.25, -0.2) is 4.98 Å². The van der Waals surface area contributed by atoms with Crippen LogP contribution in [0.4, 0.5) is 0 Å². The molecule has 7 heteroatoms. The summed E-state index contributed by atoms with van der Waals surface area (Å²) in [6, 6.07) is 7.61. The molecule has 0 fully saturated rings. The second kappa shape index (κ2) is 8.09. The SMILES string of the molecule is CNC(=O)CNC(=O)/C=C/c1csc(-c2ccc(OC)cc2)n1. The predicted molar refractivity (Wildman–Crippen MR) is 90.2 cm³/mol. The van der Waals surface area contributed by atoms with Crippen molar-refractivity contribution in [1.29, 1.82) is 0 Å². The molecule has 1 aromatic heterocycles. The van der Waals surface area contributed by atoms with Crippen molar-refractivity contribution in [3.05, 3.63) is 41.4 Å². The Morgan fingerprint density at radius 2 is 2.04 bits per heavy atom. The van der Waals surface area contributed by atoms with Gasteiger partial charge in [-0.1, -0.05) is 0 Å². The fourth-order valence-corrected chi connectivity index (χ4v) is 2.50. The van der Waals surface area contributed by atoms with Crippen molar-refractivity contribution in [2.45, 2.75) is 0 Å². The van der Waals surface area contributed by atoms with E-state index in [1.54, 1.807) is 13.2 Å². The van der Waals surface area contributed by atoms with Crippen LogP contribution in [0, 0.1) is 0 Å². The van der Waals surface area contributed by atoms with Gasteiger partial charge in [-0.3, -0.25) is 9.59 Å². The normalized spacial score (nSPS) is 10.5. The highest BCUT2D eigenvalue weighted by Gasteiger charge is 2.04. The largest absolute Gasteiger partial charge is 0.497 e. The number of nitrogens with zero attached hydrogens (tertiary/aromatic N) is 1. The maximum absolute atomic E-state index is 11.6. The molecule has 0 aliphatic rings. The first-order valence-corrected chi connectivity index (χ1v) is 7.77. The van der Waals surface area contributed by atoms with Crippen LogP contribution in [0.25, 0.3) is 16.6 Å². The minimum absolute atomic E-state index is 0.0478. The molecule has 0 saturated heterocycles. The van der Waals surface area contributed by atoms with E-state index < -0.39 is 0 Å². The lowest BCUT2D eigenvalue weighted by atomic mass is 10.2. The van der Waals surface area contributed by atoms with E-state index in [0.29, 0.717) is 5.69 Å². The molecule has 23 heavy (non-hydrogen) atoms. The molecule has 2 aromatic rings. The first kappa shape index (κ1) is 16.7. The number of benzene rings is 1. The number of aromatic nitrogens is 1. The average molecular weight is 331 g/mol. The number of rotatable bonds is 6. The molecule has 1 heterocycles. The summed E-state index contributed by atoms with van der Waals surface area (Å²) in [6.07, 6.45) is 2.97. The second-order valence-corrected chi connectivity index (χ2v) is 5.39. The highest BCUT2D eigenvalue weighted by Crippen LogP contribution is 2.25. The van der Waals surface area contributed by atoms with Crippen LogP contribution in [0.2, 0.25) is 0 Å². The van der Waals surface area contributed by atoms with Gasteiger partial charge >= 0.3 is 0 Å². The van der Waals surface area contributed by atoms with Crippen LogP contribution in [0.15, 0.2) is 35.7 Å². The Labute approximate surface area is 138 Å². The third-order valence-corrected chi connectivity index (χ3v) is 3.88. The van der Waals surface area contributed by atoms with E-state index in [1.807, 2.05) is 29.6 Å². The number of carbonyl (C=O) groups is 2. The monoisotopic (exact) mass is 331 g/mol. The molecule has 0 atom stereocenters. The number of ether oxygens (including phenoxy) is 1. The van der Waals surface area contributed by atoms with Gasteiger partial charge in [0, 0.05) is 24.1 Å². The fourth-order valence-electron chi connectivity index (χ4n) is 1.70. The Morgan fingerprint density at radius 1 is 1.30 bits per heavy atom. The predicted octanol–water partition coefficient (Wildman–Crippen LogP) is 1.69. The van der Waals surface area contributed by atoms with E-state index in [4.69, 9.17) is 4.74 Å². The smallest absolute Gasteiger partial charge is 0.244 e. The van der Waals surface area contributed by atoms with Crippen LogP contribution in [0.3, 0.4) is 0 Å². The number of hydrogen-bond acceptors (Lipinski definition) is 5. The lowest BCUT2D eigenvalue weighted by Gasteiger charge is -2.00. The van der Waals surface area contributed by atoms with Gasteiger partial charge in [0.25, 0.3) is 0 Å². The van der Waals surface area contributed by atoms with Crippen molar-refractivity contribution >= 4 is 29.2 Å². The van der Waals surface area contributed by atoms with Gasteiger partial charge in [0.15, 0.2) is 0 Å². The molecular formula is C16H17N3O3S. The third-order valence-electron chi connectivity index (χ3n) is 2.97. The average Bonchev–Trinajstić information content (AvgIpc) is 3.06. The molecule has 2 rings (SSSR count). The zero-order valence-corrected chi connectivity index (χ0v) is 13.6. The summed E-state index contributed by atoms with van der Waals surface area (Å²) in [7, 11) is 3.14. The lowest BCUT2D eigenvalue weighted by molar-refractivity contribution is -0.123. The van der Waals surface area contributed by atoms with Crippen molar-refractivity contribution < 1.29 is 14.3 Å². The Hall–Kier alpha value is -2.67. The summed E-state index contributed by atoms with van der Waals surface area (Å²) in [5, 5.41) is 7.63. The molecule has 1 aromatic carbocycles. The summed E-state index contributed by atoms with van der Waals surface area (Å²) in [4.78, 5) is 27.0. The molecule has 2 amide bonds. The van der Waals surface area contributed by atoms with E-state index in [2.05, 4.69) is 15.6 Å². The van der Waals surface area contributed by atoms with Gasteiger partial charge in [0.05, 0.1) is 19.3 Å². The number of thiazole rings is 1. The van der Waals surface area contributed by atoms with E-state index in [1.165, 1.54) is 24.5 Å². The third kappa shape index (κ3) is 4.93. The minimum atomic E-state index is -0.340. The van der Waals surface area contributed by atoms with Crippen molar-refractivity contribution in [2.24, 2.45) is 0 Å². The summed E-state index contributed by atoms with van der Waals surface area (Å²) in [5.41, 5.74) is 1.68. The standard InChI is InChI=1S/C16H17N3O3S/c1-17-15(21)9-18-14(20)8-5-12-10-23-16(19-12)11-3-6-13(22-2)7-4-11/h3-8,10H,9H2,1-2H3,(H,17,21)(H,18,20)/b8-5+. The second-order valence-electron chi connectivity index (χ2n) is 4.53. The Balaban J connectivity index is 1.97. The van der Waals surface area contributed by atoms with Crippen molar-refractivity contribution in [1.82, 2.24) is 15.6 Å². The number of likely N-dealkylation sites (N-methyl/N-ethyl adjacent to an activating group) is 1. The zero-order valence-electron chi connectivity index (χ0n) is 12.8. The van der Waals surface area contributed by atoms with Gasteiger partial charge in [0.2, 0.25) is 11.8 Å². The molecule has 0 saturated carbocycles. The summed E-state index contributed by atoms with van der Waals surface area (Å²) in [5.74, 6) is 0.202. The van der Waals surface area contributed by atoms with Gasteiger partial charge < -0.3 is 15.4 Å². The molecule has 0 aliphatic heterocycles. The van der Waals surface area contributed by atoms with Gasteiger partial charge in [0.1, 0.15) is 10.8 Å². The number of nitrogens with one attached hydrogen (secondary N) is 2. The highest BCUT2D eigenvalue weighted by atomic mass is 32.1. The summed E-state index contributed by atoms with van der Waals surface area (Å²) < 4.78 is 5.12. The number of hydrogen-bond donors (Lipinski definition) is 2. The fraction of sp³-hybridized carbons (Fsp3) is 0.188. The molecule has 0 radical (unpaired) electrons. The van der Waals surface area contributed by atoms with Crippen LogP contribution < -0.4 is 15.4 Å². The van der Waals surface area contributed by atoms with Crippen LogP contribution in [0.5, 0.6) is 5.75 Å². The van der Waals surface area contributed by atoms with Crippen molar-refractivity contribution in [2.75, 3.05) is 20.7 Å². The molecule has 6 nitrogen and oxygen atoms in total. The van der Waals surface area contributed by atoms with Crippen LogP contribution in [-0.4, -0.2) is 37.5 Å². The molecular weight excluding hydrogens is 314 g/mol. The van der Waals surface area contributed by atoms with Crippen LogP contribution >= 0.6 is 11.3 Å².